The summed E-state index contributed by atoms with van der Waals surface area (Å²) in [6.45, 7) is 11.3. The molecule has 0 unspecified atom stereocenters. The largest absolute Gasteiger partial charge is 0.354 e. The fraction of sp³-hybridized carbons (Fsp3) is 0.474. The SMILES string of the molecule is CCN(c1cccc(C)c1)c1cc(N2CCN(C)CC2)nc(C)n1. The predicted octanol–water partition coefficient (Wildman–Crippen LogP) is 3.00. The highest BCUT2D eigenvalue weighted by atomic mass is 15.3. The number of nitrogens with zero attached hydrogens (tertiary/aromatic N) is 5. The molecule has 5 heteroatoms. The first kappa shape index (κ1) is 16.7. The molecule has 3 rings (SSSR count). The van der Waals surface area contributed by atoms with Crippen molar-refractivity contribution < 1.29 is 0 Å². The highest BCUT2D eigenvalue weighted by molar-refractivity contribution is 5.63. The van der Waals surface area contributed by atoms with Gasteiger partial charge in [0.05, 0.1) is 0 Å². The van der Waals surface area contributed by atoms with E-state index < -0.39 is 0 Å². The minimum Gasteiger partial charge on any atom is -0.354 e. The van der Waals surface area contributed by atoms with Gasteiger partial charge in [-0.2, -0.15) is 0 Å². The molecule has 1 aliphatic heterocycles. The number of benzene rings is 1. The van der Waals surface area contributed by atoms with E-state index in [2.05, 4.69) is 70.9 Å². The van der Waals surface area contributed by atoms with Gasteiger partial charge < -0.3 is 14.7 Å². The van der Waals surface area contributed by atoms with E-state index in [0.29, 0.717) is 0 Å². The summed E-state index contributed by atoms with van der Waals surface area (Å²) in [5, 5.41) is 0. The molecule has 1 aromatic carbocycles. The number of likely N-dealkylation sites (N-methyl/N-ethyl adjacent to an activating group) is 1. The fourth-order valence-corrected chi connectivity index (χ4v) is 3.15. The summed E-state index contributed by atoms with van der Waals surface area (Å²) in [6.07, 6.45) is 0. The number of aryl methyl sites for hydroxylation is 2. The molecule has 0 atom stereocenters. The van der Waals surface area contributed by atoms with Crippen LogP contribution >= 0.6 is 0 Å². The first-order valence-electron chi connectivity index (χ1n) is 8.70. The Labute approximate surface area is 144 Å². The van der Waals surface area contributed by atoms with Gasteiger partial charge in [0.1, 0.15) is 17.5 Å². The molecule has 0 saturated carbocycles. The van der Waals surface area contributed by atoms with Crippen LogP contribution in [0.15, 0.2) is 30.3 Å². The molecule has 5 nitrogen and oxygen atoms in total. The molecule has 2 aromatic rings. The third-order valence-electron chi connectivity index (χ3n) is 4.54. The molecule has 128 valence electrons. The first-order valence-corrected chi connectivity index (χ1v) is 8.70. The molecular weight excluding hydrogens is 298 g/mol. The molecule has 0 amide bonds. The minimum atomic E-state index is 0.826. The van der Waals surface area contributed by atoms with Gasteiger partial charge in [-0.15, -0.1) is 0 Å². The molecule has 0 spiro atoms. The molecule has 0 bridgehead atoms. The molecule has 0 radical (unpaired) electrons. The average molecular weight is 325 g/mol. The number of hydrogen-bond donors (Lipinski definition) is 0. The number of anilines is 3. The van der Waals surface area contributed by atoms with Gasteiger partial charge in [0.2, 0.25) is 0 Å². The minimum absolute atomic E-state index is 0.826. The van der Waals surface area contributed by atoms with Crippen molar-refractivity contribution in [2.75, 3.05) is 49.6 Å². The van der Waals surface area contributed by atoms with Gasteiger partial charge in [-0.05, 0) is 45.5 Å². The molecule has 1 saturated heterocycles. The van der Waals surface area contributed by atoms with E-state index in [4.69, 9.17) is 4.98 Å². The summed E-state index contributed by atoms with van der Waals surface area (Å²) in [6, 6.07) is 10.7. The maximum atomic E-state index is 4.70. The summed E-state index contributed by atoms with van der Waals surface area (Å²) < 4.78 is 0. The zero-order chi connectivity index (χ0) is 17.1. The summed E-state index contributed by atoms with van der Waals surface area (Å²) in [5.74, 6) is 2.84. The van der Waals surface area contributed by atoms with Crippen LogP contribution < -0.4 is 9.80 Å². The van der Waals surface area contributed by atoms with E-state index in [1.165, 1.54) is 11.3 Å². The predicted molar refractivity (Wildman–Crippen MR) is 100 cm³/mol. The zero-order valence-corrected chi connectivity index (χ0v) is 15.2. The van der Waals surface area contributed by atoms with Crippen molar-refractivity contribution in [3.05, 3.63) is 41.7 Å². The van der Waals surface area contributed by atoms with Crippen LogP contribution in [-0.4, -0.2) is 54.6 Å². The van der Waals surface area contributed by atoms with Gasteiger partial charge in [0.15, 0.2) is 0 Å². The van der Waals surface area contributed by atoms with E-state index in [1.54, 1.807) is 0 Å². The molecule has 1 aliphatic rings. The molecule has 2 heterocycles. The van der Waals surface area contributed by atoms with Crippen LogP contribution in [0.4, 0.5) is 17.3 Å². The first-order chi connectivity index (χ1) is 11.6. The lowest BCUT2D eigenvalue weighted by Crippen LogP contribution is -2.45. The normalized spacial score (nSPS) is 15.6. The highest BCUT2D eigenvalue weighted by Crippen LogP contribution is 2.27. The van der Waals surface area contributed by atoms with Crippen molar-refractivity contribution in [3.63, 3.8) is 0 Å². The van der Waals surface area contributed by atoms with Crippen molar-refractivity contribution in [1.29, 1.82) is 0 Å². The van der Waals surface area contributed by atoms with Crippen LogP contribution in [0.2, 0.25) is 0 Å². The summed E-state index contributed by atoms with van der Waals surface area (Å²) in [7, 11) is 2.17. The van der Waals surface area contributed by atoms with Crippen molar-refractivity contribution in [2.24, 2.45) is 0 Å². The topological polar surface area (TPSA) is 35.5 Å². The van der Waals surface area contributed by atoms with Crippen LogP contribution in [0.3, 0.4) is 0 Å². The standard InChI is InChI=1S/C19H27N5/c1-5-24(17-8-6-7-15(2)13-17)19-14-18(20-16(3)21-19)23-11-9-22(4)10-12-23/h6-8,13-14H,5,9-12H2,1-4H3. The highest BCUT2D eigenvalue weighted by Gasteiger charge is 2.18. The van der Waals surface area contributed by atoms with Crippen molar-refractivity contribution >= 4 is 17.3 Å². The smallest absolute Gasteiger partial charge is 0.138 e. The maximum Gasteiger partial charge on any atom is 0.138 e. The second-order valence-electron chi connectivity index (χ2n) is 6.51. The van der Waals surface area contributed by atoms with Gasteiger partial charge in [-0.3, -0.25) is 0 Å². The van der Waals surface area contributed by atoms with Crippen LogP contribution in [0.1, 0.15) is 18.3 Å². The van der Waals surface area contributed by atoms with Gasteiger partial charge in [-0.1, -0.05) is 12.1 Å². The summed E-state index contributed by atoms with van der Waals surface area (Å²) >= 11 is 0. The molecule has 1 fully saturated rings. The van der Waals surface area contributed by atoms with Gasteiger partial charge in [0.25, 0.3) is 0 Å². The second-order valence-corrected chi connectivity index (χ2v) is 6.51. The van der Waals surface area contributed by atoms with Crippen LogP contribution in [0, 0.1) is 13.8 Å². The van der Waals surface area contributed by atoms with E-state index in [-0.39, 0.29) is 0 Å². The van der Waals surface area contributed by atoms with Crippen LogP contribution in [0.25, 0.3) is 0 Å². The van der Waals surface area contributed by atoms with Crippen LogP contribution in [0.5, 0.6) is 0 Å². The quantitative estimate of drug-likeness (QED) is 0.863. The fourth-order valence-electron chi connectivity index (χ4n) is 3.15. The van der Waals surface area contributed by atoms with Crippen LogP contribution in [-0.2, 0) is 0 Å². The van der Waals surface area contributed by atoms with Crippen molar-refractivity contribution in [3.8, 4) is 0 Å². The molecule has 0 N–H and O–H groups in total. The summed E-state index contributed by atoms with van der Waals surface area (Å²) in [5.41, 5.74) is 2.44. The number of piperazine rings is 1. The lowest BCUT2D eigenvalue weighted by molar-refractivity contribution is 0.312. The second kappa shape index (κ2) is 7.18. The molecule has 0 aliphatic carbocycles. The number of aromatic nitrogens is 2. The Bertz CT molecular complexity index is 692. The Balaban J connectivity index is 1.92. The van der Waals surface area contributed by atoms with E-state index in [9.17, 15) is 0 Å². The Hall–Kier alpha value is -2.14. The van der Waals surface area contributed by atoms with Crippen molar-refractivity contribution in [2.45, 2.75) is 20.8 Å². The zero-order valence-electron chi connectivity index (χ0n) is 15.2. The molecular formula is C19H27N5. The third kappa shape index (κ3) is 3.67. The van der Waals surface area contributed by atoms with Gasteiger partial charge >= 0.3 is 0 Å². The molecule has 1 aromatic heterocycles. The molecule has 24 heavy (non-hydrogen) atoms. The Morgan fingerprint density at radius 3 is 2.46 bits per heavy atom. The average Bonchev–Trinajstić information content (AvgIpc) is 2.56. The van der Waals surface area contributed by atoms with Gasteiger partial charge in [0, 0.05) is 44.5 Å². The lowest BCUT2D eigenvalue weighted by atomic mass is 10.2. The Kier molecular flexibility index (Phi) is 5.00. The van der Waals surface area contributed by atoms with E-state index >= 15 is 0 Å². The van der Waals surface area contributed by atoms with E-state index in [1.807, 2.05) is 6.92 Å². The maximum absolute atomic E-state index is 4.70. The number of hydrogen-bond acceptors (Lipinski definition) is 5. The Morgan fingerprint density at radius 2 is 1.79 bits per heavy atom. The number of rotatable bonds is 4. The van der Waals surface area contributed by atoms with Gasteiger partial charge in [-0.25, -0.2) is 9.97 Å². The lowest BCUT2D eigenvalue weighted by Gasteiger charge is -2.34. The summed E-state index contributed by atoms with van der Waals surface area (Å²) in [4.78, 5) is 16.4. The van der Waals surface area contributed by atoms with E-state index in [0.717, 1.165) is 50.2 Å². The van der Waals surface area contributed by atoms with Crippen molar-refractivity contribution in [1.82, 2.24) is 14.9 Å². The third-order valence-corrected chi connectivity index (χ3v) is 4.54. The monoisotopic (exact) mass is 325 g/mol. The Morgan fingerprint density at radius 1 is 1.04 bits per heavy atom.